The van der Waals surface area contributed by atoms with Crippen molar-refractivity contribution in [3.63, 3.8) is 0 Å². The molecule has 2 rings (SSSR count). The molecule has 1 aromatic carbocycles. The van der Waals surface area contributed by atoms with Crippen molar-refractivity contribution in [2.24, 2.45) is 10.7 Å². The number of ether oxygens (including phenoxy) is 1. The molecule has 22 heavy (non-hydrogen) atoms. The van der Waals surface area contributed by atoms with Crippen LogP contribution in [0, 0.1) is 0 Å². The number of hydrogen-bond donors (Lipinski definition) is 2. The van der Waals surface area contributed by atoms with Crippen molar-refractivity contribution in [3.05, 3.63) is 29.8 Å². The molecule has 0 spiro atoms. The van der Waals surface area contributed by atoms with E-state index in [0.29, 0.717) is 18.6 Å². The van der Waals surface area contributed by atoms with Gasteiger partial charge in [-0.25, -0.2) is 4.99 Å². The first-order chi connectivity index (χ1) is 10.4. The molecular weight excluding hydrogens is 274 g/mol. The van der Waals surface area contributed by atoms with E-state index in [4.69, 9.17) is 10.5 Å². The van der Waals surface area contributed by atoms with Gasteiger partial charge in [0.05, 0.1) is 12.6 Å². The number of nitrogens with one attached hydrogen (secondary N) is 1. The summed E-state index contributed by atoms with van der Waals surface area (Å²) in [5.41, 5.74) is 6.95. The normalized spacial score (nSPS) is 17.3. The second kappa shape index (κ2) is 7.52. The zero-order valence-electron chi connectivity index (χ0n) is 14.1. The first-order valence-electron chi connectivity index (χ1n) is 8.26. The summed E-state index contributed by atoms with van der Waals surface area (Å²) >= 11 is 0. The second-order valence-corrected chi connectivity index (χ2v) is 7.10. The van der Waals surface area contributed by atoms with Crippen molar-refractivity contribution in [1.29, 1.82) is 0 Å². The molecule has 1 aliphatic carbocycles. The summed E-state index contributed by atoms with van der Waals surface area (Å²) in [5, 5.41) is 3.16. The lowest BCUT2D eigenvalue weighted by Crippen LogP contribution is -2.44. The van der Waals surface area contributed by atoms with Crippen molar-refractivity contribution < 1.29 is 4.74 Å². The van der Waals surface area contributed by atoms with Gasteiger partial charge in [0.15, 0.2) is 5.96 Å². The molecule has 0 aromatic heterocycles. The maximum atomic E-state index is 6.03. The largest absolute Gasteiger partial charge is 0.490 e. The van der Waals surface area contributed by atoms with Crippen LogP contribution >= 0.6 is 0 Å². The predicted octanol–water partition coefficient (Wildman–Crippen LogP) is 3.60. The monoisotopic (exact) mass is 303 g/mol. The number of aliphatic imine (C=N–C) groups is 1. The van der Waals surface area contributed by atoms with E-state index in [1.807, 2.05) is 12.1 Å². The highest BCUT2D eigenvalue weighted by Crippen LogP contribution is 2.23. The molecule has 3 N–H and O–H groups in total. The Balaban J connectivity index is 1.84. The molecule has 4 heteroatoms. The topological polar surface area (TPSA) is 59.6 Å². The summed E-state index contributed by atoms with van der Waals surface area (Å²) in [5.74, 6) is 1.44. The highest BCUT2D eigenvalue weighted by Gasteiger charge is 2.14. The molecule has 0 saturated heterocycles. The van der Waals surface area contributed by atoms with Crippen LogP contribution in [-0.4, -0.2) is 17.6 Å². The molecule has 0 heterocycles. The lowest BCUT2D eigenvalue weighted by molar-refractivity contribution is 0.155. The van der Waals surface area contributed by atoms with Crippen LogP contribution in [0.3, 0.4) is 0 Å². The van der Waals surface area contributed by atoms with E-state index in [9.17, 15) is 0 Å². The van der Waals surface area contributed by atoms with Crippen molar-refractivity contribution >= 4 is 5.96 Å². The molecule has 0 unspecified atom stereocenters. The maximum Gasteiger partial charge on any atom is 0.189 e. The van der Waals surface area contributed by atoms with Crippen LogP contribution < -0.4 is 15.8 Å². The lowest BCUT2D eigenvalue weighted by Gasteiger charge is -2.23. The summed E-state index contributed by atoms with van der Waals surface area (Å²) < 4.78 is 6.03. The molecule has 1 aliphatic rings. The van der Waals surface area contributed by atoms with Crippen LogP contribution in [0.25, 0.3) is 0 Å². The molecule has 0 radical (unpaired) electrons. The average Bonchev–Trinajstić information content (AvgIpc) is 2.46. The SMILES string of the molecule is CC(C)(C)NC(N)=NCc1ccc(OC2CCCCC2)cc1. The van der Waals surface area contributed by atoms with Gasteiger partial charge in [-0.1, -0.05) is 18.6 Å². The predicted molar refractivity (Wildman–Crippen MR) is 92.2 cm³/mol. The Morgan fingerprint density at radius 3 is 2.41 bits per heavy atom. The highest BCUT2D eigenvalue weighted by molar-refractivity contribution is 5.78. The maximum absolute atomic E-state index is 6.03. The minimum absolute atomic E-state index is 0.0642. The third-order valence-electron chi connectivity index (χ3n) is 3.71. The summed E-state index contributed by atoms with van der Waals surface area (Å²) in [6.07, 6.45) is 6.68. The number of nitrogens with zero attached hydrogens (tertiary/aromatic N) is 1. The van der Waals surface area contributed by atoms with E-state index in [0.717, 1.165) is 11.3 Å². The van der Waals surface area contributed by atoms with E-state index >= 15 is 0 Å². The molecule has 1 fully saturated rings. The number of guanidine groups is 1. The van der Waals surface area contributed by atoms with Gasteiger partial charge in [-0.15, -0.1) is 0 Å². The van der Waals surface area contributed by atoms with Crippen LogP contribution in [-0.2, 0) is 6.54 Å². The molecule has 1 aromatic rings. The van der Waals surface area contributed by atoms with E-state index < -0.39 is 0 Å². The van der Waals surface area contributed by atoms with Crippen molar-refractivity contribution in [1.82, 2.24) is 5.32 Å². The van der Waals surface area contributed by atoms with Gasteiger partial charge in [0, 0.05) is 5.54 Å². The van der Waals surface area contributed by atoms with E-state index in [2.05, 4.69) is 43.2 Å². The Morgan fingerprint density at radius 1 is 1.18 bits per heavy atom. The third-order valence-corrected chi connectivity index (χ3v) is 3.71. The summed E-state index contributed by atoms with van der Waals surface area (Å²) in [4.78, 5) is 4.37. The Labute approximate surface area is 134 Å². The van der Waals surface area contributed by atoms with Gasteiger partial charge in [-0.2, -0.15) is 0 Å². The van der Waals surface area contributed by atoms with Crippen molar-refractivity contribution in [3.8, 4) is 5.75 Å². The zero-order chi connectivity index (χ0) is 16.0. The van der Waals surface area contributed by atoms with Gasteiger partial charge in [0.1, 0.15) is 5.75 Å². The van der Waals surface area contributed by atoms with Gasteiger partial charge in [-0.05, 0) is 64.2 Å². The molecule has 122 valence electrons. The Hall–Kier alpha value is -1.71. The lowest BCUT2D eigenvalue weighted by atomic mass is 9.98. The number of benzene rings is 1. The fraction of sp³-hybridized carbons (Fsp3) is 0.611. The minimum atomic E-state index is -0.0642. The fourth-order valence-corrected chi connectivity index (χ4v) is 2.65. The van der Waals surface area contributed by atoms with Gasteiger partial charge < -0.3 is 15.8 Å². The Bertz CT molecular complexity index is 482. The van der Waals surface area contributed by atoms with Crippen molar-refractivity contribution in [2.45, 2.75) is 71.1 Å². The molecule has 1 saturated carbocycles. The summed E-state index contributed by atoms with van der Waals surface area (Å²) in [7, 11) is 0. The Morgan fingerprint density at radius 2 is 1.82 bits per heavy atom. The van der Waals surface area contributed by atoms with Gasteiger partial charge in [0.25, 0.3) is 0 Å². The second-order valence-electron chi connectivity index (χ2n) is 7.10. The van der Waals surface area contributed by atoms with Crippen LogP contribution in [0.15, 0.2) is 29.3 Å². The van der Waals surface area contributed by atoms with Crippen LogP contribution in [0.5, 0.6) is 5.75 Å². The fourth-order valence-electron chi connectivity index (χ4n) is 2.65. The van der Waals surface area contributed by atoms with Gasteiger partial charge in [-0.3, -0.25) is 0 Å². The molecule has 0 atom stereocenters. The molecular formula is C18H29N3O. The smallest absolute Gasteiger partial charge is 0.189 e. The summed E-state index contributed by atoms with van der Waals surface area (Å²) in [6.45, 7) is 6.77. The molecule has 0 bridgehead atoms. The minimum Gasteiger partial charge on any atom is -0.490 e. The number of rotatable bonds is 4. The van der Waals surface area contributed by atoms with Gasteiger partial charge >= 0.3 is 0 Å². The Kier molecular flexibility index (Phi) is 5.69. The molecule has 0 amide bonds. The number of nitrogens with two attached hydrogens (primary N) is 1. The standard InChI is InChI=1S/C18H29N3O/c1-18(2,3)21-17(19)20-13-14-9-11-16(12-10-14)22-15-7-5-4-6-8-15/h9-12,15H,4-8,13H2,1-3H3,(H3,19,20,21). The molecule has 4 nitrogen and oxygen atoms in total. The third kappa shape index (κ3) is 5.96. The highest BCUT2D eigenvalue weighted by atomic mass is 16.5. The van der Waals surface area contributed by atoms with E-state index in [1.165, 1.54) is 32.1 Å². The first kappa shape index (κ1) is 16.7. The van der Waals surface area contributed by atoms with Crippen LogP contribution in [0.4, 0.5) is 0 Å². The van der Waals surface area contributed by atoms with Crippen LogP contribution in [0.2, 0.25) is 0 Å². The summed E-state index contributed by atoms with van der Waals surface area (Å²) in [6, 6.07) is 8.19. The van der Waals surface area contributed by atoms with E-state index in [-0.39, 0.29) is 5.54 Å². The zero-order valence-corrected chi connectivity index (χ0v) is 14.1. The number of hydrogen-bond acceptors (Lipinski definition) is 2. The van der Waals surface area contributed by atoms with Crippen LogP contribution in [0.1, 0.15) is 58.4 Å². The van der Waals surface area contributed by atoms with Crippen molar-refractivity contribution in [2.75, 3.05) is 0 Å². The van der Waals surface area contributed by atoms with E-state index in [1.54, 1.807) is 0 Å². The first-order valence-corrected chi connectivity index (χ1v) is 8.26. The average molecular weight is 303 g/mol. The molecule has 0 aliphatic heterocycles. The van der Waals surface area contributed by atoms with Gasteiger partial charge in [0.2, 0.25) is 0 Å². The quantitative estimate of drug-likeness (QED) is 0.660.